The van der Waals surface area contributed by atoms with E-state index in [2.05, 4.69) is 5.32 Å². The summed E-state index contributed by atoms with van der Waals surface area (Å²) in [5.74, 6) is -0.614. The molecule has 0 aliphatic rings. The third-order valence-electron chi connectivity index (χ3n) is 2.40. The lowest BCUT2D eigenvalue weighted by atomic mass is 10.4. The SMILES string of the molecule is CNC(=O)CN(C)C(=O)Cn1cc(N)ccc1=O. The lowest BCUT2D eigenvalue weighted by Crippen LogP contribution is -2.39. The number of nitrogens with one attached hydrogen (secondary N) is 1. The highest BCUT2D eigenvalue weighted by atomic mass is 16.2. The molecule has 1 aromatic heterocycles. The van der Waals surface area contributed by atoms with Gasteiger partial charge in [0, 0.05) is 32.0 Å². The number of nitrogens with zero attached hydrogens (tertiary/aromatic N) is 2. The van der Waals surface area contributed by atoms with E-state index in [0.717, 1.165) is 0 Å². The van der Waals surface area contributed by atoms with Gasteiger partial charge in [0.1, 0.15) is 6.54 Å². The molecule has 0 spiro atoms. The van der Waals surface area contributed by atoms with Crippen molar-refractivity contribution in [1.29, 1.82) is 0 Å². The minimum absolute atomic E-state index is 0.0492. The Morgan fingerprint density at radius 1 is 1.44 bits per heavy atom. The largest absolute Gasteiger partial charge is 0.398 e. The second-order valence-corrected chi connectivity index (χ2v) is 3.85. The maximum atomic E-state index is 11.8. The molecule has 0 bridgehead atoms. The van der Waals surface area contributed by atoms with Crippen molar-refractivity contribution in [2.75, 3.05) is 26.4 Å². The number of hydrogen-bond donors (Lipinski definition) is 2. The van der Waals surface area contributed by atoms with Crippen molar-refractivity contribution in [3.05, 3.63) is 28.7 Å². The standard InChI is InChI=1S/C11H16N4O3/c1-13-9(16)6-14(2)11(18)7-15-5-8(12)3-4-10(15)17/h3-5H,6-7,12H2,1-2H3,(H,13,16). The lowest BCUT2D eigenvalue weighted by molar-refractivity contribution is -0.135. The van der Waals surface area contributed by atoms with Crippen LogP contribution in [0.2, 0.25) is 0 Å². The minimum Gasteiger partial charge on any atom is -0.398 e. The summed E-state index contributed by atoms with van der Waals surface area (Å²) < 4.78 is 1.21. The first-order valence-electron chi connectivity index (χ1n) is 5.34. The van der Waals surface area contributed by atoms with Crippen LogP contribution in [0, 0.1) is 0 Å². The summed E-state index contributed by atoms with van der Waals surface area (Å²) in [4.78, 5) is 35.6. The number of rotatable bonds is 4. The van der Waals surface area contributed by atoms with Crippen LogP contribution >= 0.6 is 0 Å². The average molecular weight is 252 g/mol. The maximum absolute atomic E-state index is 11.8. The van der Waals surface area contributed by atoms with Gasteiger partial charge < -0.3 is 20.5 Å². The van der Waals surface area contributed by atoms with Crippen LogP contribution in [0.3, 0.4) is 0 Å². The van der Waals surface area contributed by atoms with E-state index in [0.29, 0.717) is 5.69 Å². The molecule has 0 unspecified atom stereocenters. The van der Waals surface area contributed by atoms with Crippen LogP contribution in [0.15, 0.2) is 23.1 Å². The second-order valence-electron chi connectivity index (χ2n) is 3.85. The first kappa shape index (κ1) is 13.8. The number of hydrogen-bond acceptors (Lipinski definition) is 4. The van der Waals surface area contributed by atoms with Crippen molar-refractivity contribution < 1.29 is 9.59 Å². The number of amides is 2. The van der Waals surface area contributed by atoms with Crippen LogP contribution in [0.1, 0.15) is 0 Å². The fraction of sp³-hybridized carbons (Fsp3) is 0.364. The Morgan fingerprint density at radius 3 is 2.72 bits per heavy atom. The first-order valence-corrected chi connectivity index (χ1v) is 5.34. The zero-order valence-electron chi connectivity index (χ0n) is 10.3. The van der Waals surface area contributed by atoms with Crippen molar-refractivity contribution >= 4 is 17.5 Å². The molecule has 18 heavy (non-hydrogen) atoms. The molecule has 0 aliphatic carbocycles. The molecule has 1 heterocycles. The summed E-state index contributed by atoms with van der Waals surface area (Å²) in [7, 11) is 2.98. The van der Waals surface area contributed by atoms with Gasteiger partial charge in [-0.3, -0.25) is 14.4 Å². The van der Waals surface area contributed by atoms with Crippen LogP contribution in [-0.2, 0) is 16.1 Å². The smallest absolute Gasteiger partial charge is 0.251 e. The van der Waals surface area contributed by atoms with Crippen molar-refractivity contribution in [3.63, 3.8) is 0 Å². The van der Waals surface area contributed by atoms with Crippen molar-refractivity contribution in [3.8, 4) is 0 Å². The van der Waals surface area contributed by atoms with Crippen LogP contribution in [0.4, 0.5) is 5.69 Å². The van der Waals surface area contributed by atoms with E-state index in [9.17, 15) is 14.4 Å². The Hall–Kier alpha value is -2.31. The van der Waals surface area contributed by atoms with E-state index in [1.54, 1.807) is 0 Å². The topological polar surface area (TPSA) is 97.4 Å². The van der Waals surface area contributed by atoms with E-state index in [1.807, 2.05) is 0 Å². The summed E-state index contributed by atoms with van der Waals surface area (Å²) in [6, 6.07) is 2.76. The van der Waals surface area contributed by atoms with Gasteiger partial charge in [0.25, 0.3) is 5.56 Å². The highest BCUT2D eigenvalue weighted by molar-refractivity contribution is 5.84. The number of anilines is 1. The van der Waals surface area contributed by atoms with E-state index in [4.69, 9.17) is 5.73 Å². The molecule has 1 rings (SSSR count). The second kappa shape index (κ2) is 5.85. The van der Waals surface area contributed by atoms with Crippen LogP contribution in [-0.4, -0.2) is 41.9 Å². The van der Waals surface area contributed by atoms with Crippen LogP contribution in [0.25, 0.3) is 0 Å². The number of pyridine rings is 1. The van der Waals surface area contributed by atoms with Gasteiger partial charge >= 0.3 is 0 Å². The quantitative estimate of drug-likeness (QED) is 0.691. The fourth-order valence-corrected chi connectivity index (χ4v) is 1.32. The maximum Gasteiger partial charge on any atom is 0.251 e. The van der Waals surface area contributed by atoms with Crippen molar-refractivity contribution in [2.24, 2.45) is 0 Å². The zero-order valence-corrected chi connectivity index (χ0v) is 10.3. The van der Waals surface area contributed by atoms with Gasteiger partial charge in [-0.2, -0.15) is 0 Å². The van der Waals surface area contributed by atoms with Gasteiger partial charge in [0.2, 0.25) is 11.8 Å². The monoisotopic (exact) mass is 252 g/mol. The number of carbonyl (C=O) groups excluding carboxylic acids is 2. The van der Waals surface area contributed by atoms with Gasteiger partial charge in [0.15, 0.2) is 0 Å². The average Bonchev–Trinajstić information content (AvgIpc) is 2.33. The summed E-state index contributed by atoms with van der Waals surface area (Å²) in [6.45, 7) is -0.191. The number of likely N-dealkylation sites (N-methyl/N-ethyl adjacent to an activating group) is 2. The molecule has 0 saturated carbocycles. The molecule has 0 fully saturated rings. The number of aromatic nitrogens is 1. The van der Waals surface area contributed by atoms with Crippen molar-refractivity contribution in [1.82, 2.24) is 14.8 Å². The summed E-state index contributed by atoms with van der Waals surface area (Å²) in [5.41, 5.74) is 5.62. The Kier molecular flexibility index (Phi) is 4.47. The molecule has 1 aromatic rings. The van der Waals surface area contributed by atoms with E-state index >= 15 is 0 Å². The lowest BCUT2D eigenvalue weighted by Gasteiger charge is -2.16. The number of nitrogens with two attached hydrogens (primary N) is 1. The van der Waals surface area contributed by atoms with Gasteiger partial charge in [0.05, 0.1) is 6.54 Å². The molecule has 98 valence electrons. The van der Waals surface area contributed by atoms with Crippen molar-refractivity contribution in [2.45, 2.75) is 6.54 Å². The molecular formula is C11H16N4O3. The third-order valence-corrected chi connectivity index (χ3v) is 2.40. The molecule has 0 aromatic carbocycles. The molecule has 7 nitrogen and oxygen atoms in total. The fourth-order valence-electron chi connectivity index (χ4n) is 1.32. The van der Waals surface area contributed by atoms with E-state index in [1.165, 1.54) is 41.9 Å². The highest BCUT2D eigenvalue weighted by Crippen LogP contribution is 1.97. The molecular weight excluding hydrogens is 236 g/mol. The van der Waals surface area contributed by atoms with E-state index < -0.39 is 0 Å². The normalized spacial score (nSPS) is 9.89. The van der Waals surface area contributed by atoms with Gasteiger partial charge in [-0.25, -0.2) is 0 Å². The summed E-state index contributed by atoms with van der Waals surface area (Å²) >= 11 is 0. The number of carbonyl (C=O) groups is 2. The van der Waals surface area contributed by atoms with Crippen LogP contribution < -0.4 is 16.6 Å². The van der Waals surface area contributed by atoms with Gasteiger partial charge in [-0.15, -0.1) is 0 Å². The molecule has 0 saturated heterocycles. The molecule has 0 atom stereocenters. The summed E-state index contributed by atoms with van der Waals surface area (Å²) in [6.07, 6.45) is 1.40. The predicted octanol–water partition coefficient (Wildman–Crippen LogP) is -1.37. The van der Waals surface area contributed by atoms with Crippen LogP contribution in [0.5, 0.6) is 0 Å². The highest BCUT2D eigenvalue weighted by Gasteiger charge is 2.13. The Morgan fingerprint density at radius 2 is 2.11 bits per heavy atom. The molecule has 0 radical (unpaired) electrons. The van der Waals surface area contributed by atoms with Gasteiger partial charge in [-0.05, 0) is 6.07 Å². The van der Waals surface area contributed by atoms with E-state index in [-0.39, 0.29) is 30.5 Å². The first-order chi connectivity index (χ1) is 8.43. The summed E-state index contributed by atoms with van der Waals surface area (Å²) in [5, 5.41) is 2.41. The van der Waals surface area contributed by atoms with Gasteiger partial charge in [-0.1, -0.05) is 0 Å². The zero-order chi connectivity index (χ0) is 13.7. The molecule has 2 amide bonds. The molecule has 3 N–H and O–H groups in total. The number of nitrogen functional groups attached to an aromatic ring is 1. The third kappa shape index (κ3) is 3.62. The minimum atomic E-state index is -0.341. The predicted molar refractivity (Wildman–Crippen MR) is 66.8 cm³/mol. The molecule has 7 heteroatoms. The Balaban J connectivity index is 2.72. The Labute approximate surface area is 104 Å². The molecule has 0 aliphatic heterocycles. The Bertz CT molecular complexity index is 509.